The molecule has 14 heteroatoms. The molecule has 0 bridgehead atoms. The van der Waals surface area contributed by atoms with E-state index >= 15 is 0 Å². The fraction of sp³-hybridized carbons (Fsp3) is 0.257. The van der Waals surface area contributed by atoms with Crippen molar-refractivity contribution in [2.75, 3.05) is 0 Å². The maximum atomic E-state index is 13.8. The number of ketones is 1. The van der Waals surface area contributed by atoms with Gasteiger partial charge in [-0.1, -0.05) is 91.0 Å². The average Bonchev–Trinajstić information content (AvgIpc) is 3.50. The molecule has 0 spiro atoms. The molecular formula is C35H43F3N6O5. The van der Waals surface area contributed by atoms with Crippen molar-refractivity contribution in [3.05, 3.63) is 125 Å². The molecule has 0 aliphatic heterocycles. The molecule has 4 aromatic rings. The maximum Gasteiger partial charge on any atom is 0.435 e. The summed E-state index contributed by atoms with van der Waals surface area (Å²) in [7, 11) is 1.16. The van der Waals surface area contributed by atoms with Crippen molar-refractivity contribution in [1.82, 2.24) is 31.0 Å². The first-order chi connectivity index (χ1) is 23.3. The molecule has 11 nitrogen and oxygen atoms in total. The van der Waals surface area contributed by atoms with Gasteiger partial charge in [-0.2, -0.15) is 18.3 Å². The Kier molecular flexibility index (Phi) is 12.0. The van der Waals surface area contributed by atoms with Gasteiger partial charge in [0.05, 0.1) is 0 Å². The van der Waals surface area contributed by atoms with Crippen LogP contribution in [0.1, 0.15) is 45.5 Å². The van der Waals surface area contributed by atoms with Crippen LogP contribution >= 0.6 is 0 Å². The average molecular weight is 685 g/mol. The Labute approximate surface area is 286 Å². The number of halogens is 3. The number of carbonyl (C=O) groups excluding carboxylic acids is 5. The summed E-state index contributed by atoms with van der Waals surface area (Å²) in [6.45, 7) is 1.38. The molecule has 0 aliphatic rings. The third kappa shape index (κ3) is 10.3. The van der Waals surface area contributed by atoms with Crippen LogP contribution in [0.3, 0.4) is 0 Å². The first-order valence-electron chi connectivity index (χ1n) is 15.3. The van der Waals surface area contributed by atoms with E-state index < -0.39 is 65.1 Å². The molecule has 3 aromatic carbocycles. The second-order valence-corrected chi connectivity index (χ2v) is 11.3. The van der Waals surface area contributed by atoms with Gasteiger partial charge in [-0.25, -0.2) is 0 Å². The Hall–Kier alpha value is -5.79. The van der Waals surface area contributed by atoms with Crippen molar-refractivity contribution in [2.24, 2.45) is 7.05 Å². The minimum atomic E-state index is -4.78. The van der Waals surface area contributed by atoms with Crippen LogP contribution in [-0.4, -0.2) is 57.3 Å². The number of Topliss-reactive ketones (excluding diaryl/α,β-unsaturated/α-hetero) is 1. The Balaban J connectivity index is 0.00000676. The van der Waals surface area contributed by atoms with E-state index in [-0.39, 0.29) is 25.1 Å². The first kappa shape index (κ1) is 36.1. The fourth-order valence-electron chi connectivity index (χ4n) is 4.87. The fourth-order valence-corrected chi connectivity index (χ4v) is 4.87. The van der Waals surface area contributed by atoms with Crippen LogP contribution in [0.5, 0.6) is 0 Å². The summed E-state index contributed by atoms with van der Waals surface area (Å²) < 4.78 is 40.0. The van der Waals surface area contributed by atoms with Crippen LogP contribution in [0.2, 0.25) is 0 Å². The molecule has 0 radical (unpaired) electrons. The standard InChI is InChI=1S/C35H35F3N6O5.4H2/c1-22(40-33(48)28-20-29(35(36,37)38)43-44(28)2)31(46)42-27(19-24-14-8-4-9-15-24)32(47)41-26(18-23-12-6-3-7-13-23)30(45)34(49)39-21-25-16-10-5-11-17-25;;;;/h3-17,20,22,26-27H,18-19,21H2,1-2H3,(H,39,49)(H,40,48)(H,41,47)(H,42,46);4*1H/t22-,26-,27-;;;;/m0..../s1. The highest BCUT2D eigenvalue weighted by atomic mass is 19.4. The van der Waals surface area contributed by atoms with Gasteiger partial charge in [0.15, 0.2) is 5.69 Å². The van der Waals surface area contributed by atoms with Crippen LogP contribution in [-0.2, 0) is 51.8 Å². The van der Waals surface area contributed by atoms with Crippen molar-refractivity contribution in [2.45, 2.75) is 50.6 Å². The lowest BCUT2D eigenvalue weighted by Crippen LogP contribution is -2.57. The predicted octanol–water partition coefficient (Wildman–Crippen LogP) is 3.88. The first-order valence-corrected chi connectivity index (χ1v) is 15.3. The van der Waals surface area contributed by atoms with Gasteiger partial charge >= 0.3 is 6.18 Å². The molecule has 1 aromatic heterocycles. The van der Waals surface area contributed by atoms with E-state index in [0.29, 0.717) is 17.2 Å². The molecule has 0 aliphatic carbocycles. The van der Waals surface area contributed by atoms with E-state index in [4.69, 9.17) is 0 Å². The van der Waals surface area contributed by atoms with Gasteiger partial charge in [-0.05, 0) is 23.6 Å². The van der Waals surface area contributed by atoms with Crippen LogP contribution in [0.25, 0.3) is 0 Å². The van der Waals surface area contributed by atoms with Crippen molar-refractivity contribution >= 4 is 29.4 Å². The summed E-state index contributed by atoms with van der Waals surface area (Å²) in [6, 6.07) is 23.1. The number of nitrogens with one attached hydrogen (secondary N) is 4. The topological polar surface area (TPSA) is 151 Å². The van der Waals surface area contributed by atoms with Gasteiger partial charge < -0.3 is 21.3 Å². The zero-order valence-electron chi connectivity index (χ0n) is 26.7. The second-order valence-electron chi connectivity index (χ2n) is 11.3. The summed E-state index contributed by atoms with van der Waals surface area (Å²) >= 11 is 0. The van der Waals surface area contributed by atoms with E-state index in [1.54, 1.807) is 84.9 Å². The van der Waals surface area contributed by atoms with Crippen molar-refractivity contribution in [3.8, 4) is 0 Å². The molecule has 4 amide bonds. The minimum absolute atomic E-state index is 0. The number of nitrogens with zero attached hydrogens (tertiary/aromatic N) is 2. The van der Waals surface area contributed by atoms with Crippen LogP contribution in [0.15, 0.2) is 97.1 Å². The highest BCUT2D eigenvalue weighted by molar-refractivity contribution is 6.38. The van der Waals surface area contributed by atoms with Crippen LogP contribution < -0.4 is 21.3 Å². The SMILES string of the molecule is C[C@H](NC(=O)c1cc(C(F)(F)F)nn1C)C(=O)N[C@@H](Cc1ccccc1)C(=O)N[C@@H](Cc1ccccc1)C(=O)C(=O)NCc1ccccc1.[HH].[HH].[HH].[HH]. The molecule has 264 valence electrons. The number of alkyl halides is 3. The summed E-state index contributed by atoms with van der Waals surface area (Å²) in [4.78, 5) is 66.2. The smallest absolute Gasteiger partial charge is 0.345 e. The van der Waals surface area contributed by atoms with Crippen LogP contribution in [0.4, 0.5) is 13.2 Å². The van der Waals surface area contributed by atoms with E-state index in [9.17, 15) is 37.1 Å². The van der Waals surface area contributed by atoms with Crippen molar-refractivity contribution < 1.29 is 42.9 Å². The number of hydrogen-bond acceptors (Lipinski definition) is 6. The summed E-state index contributed by atoms with van der Waals surface area (Å²) in [6.07, 6.45) is -4.82. The van der Waals surface area contributed by atoms with E-state index in [1.807, 2.05) is 6.07 Å². The molecule has 0 saturated heterocycles. The van der Waals surface area contributed by atoms with Crippen LogP contribution in [0, 0.1) is 0 Å². The van der Waals surface area contributed by atoms with Gasteiger partial charge in [0.2, 0.25) is 17.6 Å². The number of benzene rings is 3. The van der Waals surface area contributed by atoms with Gasteiger partial charge in [0.1, 0.15) is 23.8 Å². The molecule has 4 N–H and O–H groups in total. The summed E-state index contributed by atoms with van der Waals surface area (Å²) in [5, 5.41) is 13.4. The monoisotopic (exact) mass is 684 g/mol. The minimum Gasteiger partial charge on any atom is -0.345 e. The second kappa shape index (κ2) is 16.4. The zero-order chi connectivity index (χ0) is 35.6. The number of amides is 4. The summed E-state index contributed by atoms with van der Waals surface area (Å²) in [5.41, 5.74) is 0.383. The molecule has 0 unspecified atom stereocenters. The van der Waals surface area contributed by atoms with E-state index in [2.05, 4.69) is 26.4 Å². The predicted molar refractivity (Wildman–Crippen MR) is 181 cm³/mol. The van der Waals surface area contributed by atoms with E-state index in [1.165, 1.54) is 6.92 Å². The Bertz CT molecular complexity index is 1790. The van der Waals surface area contributed by atoms with E-state index in [0.717, 1.165) is 17.3 Å². The number of hydrogen-bond donors (Lipinski definition) is 4. The van der Waals surface area contributed by atoms with Gasteiger partial charge in [0.25, 0.3) is 11.8 Å². The number of aryl methyl sites for hydroxylation is 1. The lowest BCUT2D eigenvalue weighted by atomic mass is 9.99. The van der Waals surface area contributed by atoms with Crippen molar-refractivity contribution in [1.29, 1.82) is 0 Å². The molecule has 0 saturated carbocycles. The Morgan fingerprint density at radius 1 is 0.735 bits per heavy atom. The largest absolute Gasteiger partial charge is 0.435 e. The normalized spacial score (nSPS) is 13.0. The molecule has 49 heavy (non-hydrogen) atoms. The van der Waals surface area contributed by atoms with Crippen molar-refractivity contribution in [3.63, 3.8) is 0 Å². The molecule has 0 fully saturated rings. The number of rotatable bonds is 14. The third-order valence-corrected chi connectivity index (χ3v) is 7.49. The molecule has 1 heterocycles. The zero-order valence-corrected chi connectivity index (χ0v) is 26.7. The number of aromatic nitrogens is 2. The lowest BCUT2D eigenvalue weighted by molar-refractivity contribution is -0.141. The molecule has 3 atom stereocenters. The quantitative estimate of drug-likeness (QED) is 0.148. The highest BCUT2D eigenvalue weighted by Gasteiger charge is 2.36. The molecular weight excluding hydrogens is 641 g/mol. The van der Waals surface area contributed by atoms with Gasteiger partial charge in [0, 0.05) is 38.2 Å². The van der Waals surface area contributed by atoms with Gasteiger partial charge in [-0.15, -0.1) is 0 Å². The third-order valence-electron chi connectivity index (χ3n) is 7.49. The Morgan fingerprint density at radius 2 is 1.22 bits per heavy atom. The molecule has 4 rings (SSSR count). The highest BCUT2D eigenvalue weighted by Crippen LogP contribution is 2.28. The summed E-state index contributed by atoms with van der Waals surface area (Å²) in [5.74, 6) is -4.40. The lowest BCUT2D eigenvalue weighted by Gasteiger charge is -2.24. The van der Waals surface area contributed by atoms with Gasteiger partial charge in [-0.3, -0.25) is 28.7 Å². The maximum absolute atomic E-state index is 13.8. The Morgan fingerprint density at radius 3 is 1.73 bits per heavy atom. The number of carbonyl (C=O) groups is 5.